The first-order valence-electron chi connectivity index (χ1n) is 4.58. The fourth-order valence-electron chi connectivity index (χ4n) is 0.991. The standard InChI is InChI=1S/C8H8N6O2S/c1-16-7(15)5-14-8(11-12-13-14)17-6-3-2-4-9-10-6/h2-4H,5H2,1H3. The maximum atomic E-state index is 11.1. The van der Waals surface area contributed by atoms with Crippen molar-refractivity contribution < 1.29 is 9.53 Å². The van der Waals surface area contributed by atoms with E-state index >= 15 is 0 Å². The number of rotatable bonds is 4. The molecule has 0 amide bonds. The summed E-state index contributed by atoms with van der Waals surface area (Å²) in [6, 6.07) is 3.53. The van der Waals surface area contributed by atoms with E-state index in [9.17, 15) is 4.79 Å². The molecular formula is C8H8N6O2S. The molecular weight excluding hydrogens is 244 g/mol. The molecule has 17 heavy (non-hydrogen) atoms. The van der Waals surface area contributed by atoms with Gasteiger partial charge in [-0.3, -0.25) is 4.79 Å². The van der Waals surface area contributed by atoms with E-state index in [1.165, 1.54) is 23.6 Å². The summed E-state index contributed by atoms with van der Waals surface area (Å²) in [5.74, 6) is -0.418. The predicted octanol–water partition coefficient (Wildman–Crippen LogP) is -0.213. The number of ether oxygens (including phenoxy) is 1. The van der Waals surface area contributed by atoms with Gasteiger partial charge in [0.1, 0.15) is 11.6 Å². The van der Waals surface area contributed by atoms with Crippen molar-refractivity contribution in [1.82, 2.24) is 30.4 Å². The van der Waals surface area contributed by atoms with Gasteiger partial charge in [-0.25, -0.2) is 4.68 Å². The lowest BCUT2D eigenvalue weighted by Gasteiger charge is -2.01. The molecule has 0 aliphatic rings. The van der Waals surface area contributed by atoms with Crippen molar-refractivity contribution >= 4 is 17.7 Å². The first-order chi connectivity index (χ1) is 8.29. The Bertz CT molecular complexity index is 502. The van der Waals surface area contributed by atoms with Crippen molar-refractivity contribution in [1.29, 1.82) is 0 Å². The summed E-state index contributed by atoms with van der Waals surface area (Å²) in [4.78, 5) is 11.1. The number of nitrogens with zero attached hydrogens (tertiary/aromatic N) is 6. The highest BCUT2D eigenvalue weighted by molar-refractivity contribution is 7.99. The lowest BCUT2D eigenvalue weighted by Crippen LogP contribution is -2.13. The number of esters is 1. The number of methoxy groups -OCH3 is 1. The fraction of sp³-hybridized carbons (Fsp3) is 0.250. The van der Waals surface area contributed by atoms with Crippen LogP contribution in [0.3, 0.4) is 0 Å². The molecule has 2 rings (SSSR count). The van der Waals surface area contributed by atoms with Gasteiger partial charge in [0.2, 0.25) is 5.16 Å². The second kappa shape index (κ2) is 5.34. The first-order valence-corrected chi connectivity index (χ1v) is 5.40. The third-order valence-electron chi connectivity index (χ3n) is 1.75. The number of hydrogen-bond acceptors (Lipinski definition) is 8. The Morgan fingerprint density at radius 2 is 2.41 bits per heavy atom. The summed E-state index contributed by atoms with van der Waals surface area (Å²) in [6.45, 7) is -0.0356. The van der Waals surface area contributed by atoms with Crippen molar-refractivity contribution in [2.24, 2.45) is 0 Å². The van der Waals surface area contributed by atoms with Crippen LogP contribution in [-0.4, -0.2) is 43.5 Å². The molecule has 0 bridgehead atoms. The highest BCUT2D eigenvalue weighted by atomic mass is 32.2. The Kier molecular flexibility index (Phi) is 3.60. The van der Waals surface area contributed by atoms with Crippen LogP contribution >= 0.6 is 11.8 Å². The van der Waals surface area contributed by atoms with E-state index in [4.69, 9.17) is 0 Å². The zero-order chi connectivity index (χ0) is 12.1. The van der Waals surface area contributed by atoms with E-state index in [2.05, 4.69) is 30.5 Å². The predicted molar refractivity (Wildman–Crippen MR) is 56.0 cm³/mol. The quantitative estimate of drug-likeness (QED) is 0.689. The van der Waals surface area contributed by atoms with Gasteiger partial charge in [-0.05, 0) is 34.3 Å². The Hall–Kier alpha value is -2.03. The molecule has 0 aliphatic carbocycles. The molecule has 2 heterocycles. The largest absolute Gasteiger partial charge is 0.468 e. The maximum absolute atomic E-state index is 11.1. The Morgan fingerprint density at radius 1 is 1.53 bits per heavy atom. The van der Waals surface area contributed by atoms with E-state index in [1.807, 2.05) is 0 Å². The lowest BCUT2D eigenvalue weighted by atomic mass is 10.6. The van der Waals surface area contributed by atoms with Crippen molar-refractivity contribution in [2.75, 3.05) is 7.11 Å². The number of carbonyl (C=O) groups is 1. The summed E-state index contributed by atoms with van der Waals surface area (Å²) in [6.07, 6.45) is 1.57. The minimum atomic E-state index is -0.418. The van der Waals surface area contributed by atoms with Crippen LogP contribution in [0, 0.1) is 0 Å². The average Bonchev–Trinajstić information content (AvgIpc) is 2.78. The van der Waals surface area contributed by atoms with Crippen LogP contribution in [0.25, 0.3) is 0 Å². The van der Waals surface area contributed by atoms with Crippen LogP contribution in [0.2, 0.25) is 0 Å². The summed E-state index contributed by atoms with van der Waals surface area (Å²) in [5, 5.41) is 19.7. The van der Waals surface area contributed by atoms with Gasteiger partial charge >= 0.3 is 5.97 Å². The molecule has 0 unspecified atom stereocenters. The van der Waals surface area contributed by atoms with Gasteiger partial charge in [-0.15, -0.1) is 10.2 Å². The molecule has 2 aromatic rings. The third-order valence-corrected chi connectivity index (χ3v) is 2.65. The van der Waals surface area contributed by atoms with Gasteiger partial charge in [-0.2, -0.15) is 5.10 Å². The molecule has 8 nitrogen and oxygen atoms in total. The molecule has 0 radical (unpaired) electrons. The normalized spacial score (nSPS) is 10.2. The minimum absolute atomic E-state index is 0.0356. The Balaban J connectivity index is 2.12. The van der Waals surface area contributed by atoms with Gasteiger partial charge in [0.15, 0.2) is 0 Å². The van der Waals surface area contributed by atoms with Crippen LogP contribution < -0.4 is 0 Å². The minimum Gasteiger partial charge on any atom is -0.468 e. The summed E-state index contributed by atoms with van der Waals surface area (Å²) >= 11 is 1.22. The molecule has 0 fully saturated rings. The van der Waals surface area contributed by atoms with Crippen LogP contribution in [0.15, 0.2) is 28.5 Å². The Labute approximate surface area is 100 Å². The average molecular weight is 252 g/mol. The molecule has 0 spiro atoms. The van der Waals surface area contributed by atoms with E-state index in [1.54, 1.807) is 18.3 Å². The number of tetrazole rings is 1. The Morgan fingerprint density at radius 3 is 3.12 bits per heavy atom. The van der Waals surface area contributed by atoms with Crippen molar-refractivity contribution in [3.05, 3.63) is 18.3 Å². The summed E-state index contributed by atoms with van der Waals surface area (Å²) < 4.78 is 5.87. The molecule has 9 heteroatoms. The van der Waals surface area contributed by atoms with Gasteiger partial charge < -0.3 is 4.74 Å². The molecule has 0 saturated heterocycles. The molecule has 0 aliphatic heterocycles. The molecule has 0 N–H and O–H groups in total. The maximum Gasteiger partial charge on any atom is 0.327 e. The van der Waals surface area contributed by atoms with Crippen LogP contribution in [0.1, 0.15) is 0 Å². The van der Waals surface area contributed by atoms with Crippen LogP contribution in [0.4, 0.5) is 0 Å². The highest BCUT2D eigenvalue weighted by Gasteiger charge is 2.12. The van der Waals surface area contributed by atoms with Gasteiger partial charge in [0.25, 0.3) is 0 Å². The van der Waals surface area contributed by atoms with Gasteiger partial charge in [0, 0.05) is 6.20 Å². The third kappa shape index (κ3) is 2.97. The number of hydrogen-bond donors (Lipinski definition) is 0. The van der Waals surface area contributed by atoms with Gasteiger partial charge in [0.05, 0.1) is 7.11 Å². The van der Waals surface area contributed by atoms with Crippen LogP contribution in [-0.2, 0) is 16.1 Å². The monoisotopic (exact) mass is 252 g/mol. The zero-order valence-electron chi connectivity index (χ0n) is 8.85. The SMILES string of the molecule is COC(=O)Cn1nnnc1Sc1cccnn1. The molecule has 0 saturated carbocycles. The number of carbonyl (C=O) groups excluding carboxylic acids is 1. The molecule has 88 valence electrons. The molecule has 2 aromatic heterocycles. The van der Waals surface area contributed by atoms with E-state index in [-0.39, 0.29) is 6.54 Å². The lowest BCUT2D eigenvalue weighted by molar-refractivity contribution is -0.141. The first kappa shape index (κ1) is 11.5. The molecule has 0 atom stereocenters. The second-order valence-corrected chi connectivity index (χ2v) is 3.85. The summed E-state index contributed by atoms with van der Waals surface area (Å²) in [5.41, 5.74) is 0. The fourth-order valence-corrected chi connectivity index (χ4v) is 1.70. The second-order valence-electron chi connectivity index (χ2n) is 2.86. The zero-order valence-corrected chi connectivity index (χ0v) is 9.66. The van der Waals surface area contributed by atoms with E-state index < -0.39 is 5.97 Å². The highest BCUT2D eigenvalue weighted by Crippen LogP contribution is 2.21. The topological polar surface area (TPSA) is 95.7 Å². The van der Waals surface area contributed by atoms with Crippen molar-refractivity contribution in [3.8, 4) is 0 Å². The smallest absolute Gasteiger partial charge is 0.327 e. The van der Waals surface area contributed by atoms with Crippen LogP contribution in [0.5, 0.6) is 0 Å². The number of aromatic nitrogens is 6. The van der Waals surface area contributed by atoms with E-state index in [0.717, 1.165) is 0 Å². The molecule has 0 aromatic carbocycles. The van der Waals surface area contributed by atoms with Gasteiger partial charge in [-0.1, -0.05) is 0 Å². The van der Waals surface area contributed by atoms with E-state index in [0.29, 0.717) is 10.2 Å². The van der Waals surface area contributed by atoms with Crippen molar-refractivity contribution in [2.45, 2.75) is 16.7 Å². The summed E-state index contributed by atoms with van der Waals surface area (Å²) in [7, 11) is 1.31. The van der Waals surface area contributed by atoms with Crippen molar-refractivity contribution in [3.63, 3.8) is 0 Å².